The molecule has 0 amide bonds. The van der Waals surface area contributed by atoms with E-state index in [0.29, 0.717) is 10.0 Å². The van der Waals surface area contributed by atoms with E-state index in [-0.39, 0.29) is 0 Å². The van der Waals surface area contributed by atoms with Gasteiger partial charge in [0.05, 0.1) is 17.8 Å². The fraction of sp³-hybridized carbons (Fsp3) is 0.154. The largest absolute Gasteiger partial charge is 0.496 e. The molecule has 0 radical (unpaired) electrons. The lowest BCUT2D eigenvalue weighted by molar-refractivity contribution is 0.411. The highest BCUT2D eigenvalue weighted by Gasteiger charge is 2.11. The highest BCUT2D eigenvalue weighted by atomic mass is 35.5. The first-order valence-electron chi connectivity index (χ1n) is 5.08. The van der Waals surface area contributed by atoms with Crippen LogP contribution < -0.4 is 4.74 Å². The van der Waals surface area contributed by atoms with Gasteiger partial charge in [0, 0.05) is 22.3 Å². The Hall–Kier alpha value is -1.25. The van der Waals surface area contributed by atoms with Gasteiger partial charge in [-0.2, -0.15) is 0 Å². The number of ether oxygens (including phenoxy) is 1. The standard InChI is InChI=1S/C13H11Cl2NO/c1-8-12(17-2)5-6-16-13(8)10-7-9(14)3-4-11(10)15/h3-7H,1-2H3. The molecular weight excluding hydrogens is 257 g/mol. The third-order valence-corrected chi connectivity index (χ3v) is 3.12. The van der Waals surface area contributed by atoms with Crippen molar-refractivity contribution in [3.63, 3.8) is 0 Å². The molecule has 1 heterocycles. The molecule has 0 bridgehead atoms. The average Bonchev–Trinajstić information content (AvgIpc) is 2.33. The smallest absolute Gasteiger partial charge is 0.125 e. The summed E-state index contributed by atoms with van der Waals surface area (Å²) in [4.78, 5) is 4.34. The first-order valence-corrected chi connectivity index (χ1v) is 5.84. The van der Waals surface area contributed by atoms with Crippen molar-refractivity contribution in [1.29, 1.82) is 0 Å². The average molecular weight is 268 g/mol. The molecule has 88 valence electrons. The summed E-state index contributed by atoms with van der Waals surface area (Å²) in [7, 11) is 1.63. The molecule has 0 saturated heterocycles. The number of rotatable bonds is 2. The van der Waals surface area contributed by atoms with Crippen LogP contribution >= 0.6 is 23.2 Å². The first-order chi connectivity index (χ1) is 8.13. The molecule has 0 unspecified atom stereocenters. The summed E-state index contributed by atoms with van der Waals surface area (Å²) in [6.45, 7) is 1.94. The molecule has 1 aromatic carbocycles. The van der Waals surface area contributed by atoms with Crippen LogP contribution in [0.15, 0.2) is 30.5 Å². The van der Waals surface area contributed by atoms with E-state index >= 15 is 0 Å². The summed E-state index contributed by atoms with van der Waals surface area (Å²) >= 11 is 12.1. The van der Waals surface area contributed by atoms with Crippen molar-refractivity contribution in [2.24, 2.45) is 0 Å². The van der Waals surface area contributed by atoms with Gasteiger partial charge in [0.2, 0.25) is 0 Å². The highest BCUT2D eigenvalue weighted by molar-refractivity contribution is 6.35. The van der Waals surface area contributed by atoms with Crippen LogP contribution in [0.3, 0.4) is 0 Å². The van der Waals surface area contributed by atoms with Crippen molar-refractivity contribution in [3.05, 3.63) is 46.1 Å². The van der Waals surface area contributed by atoms with Crippen LogP contribution in [0.4, 0.5) is 0 Å². The second-order valence-electron chi connectivity index (χ2n) is 3.61. The summed E-state index contributed by atoms with van der Waals surface area (Å²) in [5, 5.41) is 1.26. The normalized spacial score (nSPS) is 10.4. The molecule has 0 saturated carbocycles. The van der Waals surface area contributed by atoms with E-state index in [2.05, 4.69) is 4.98 Å². The summed E-state index contributed by atoms with van der Waals surface area (Å²) in [6, 6.07) is 7.14. The van der Waals surface area contributed by atoms with Gasteiger partial charge in [-0.05, 0) is 31.2 Å². The van der Waals surface area contributed by atoms with E-state index in [1.807, 2.05) is 13.0 Å². The van der Waals surface area contributed by atoms with Crippen molar-refractivity contribution in [2.45, 2.75) is 6.92 Å². The van der Waals surface area contributed by atoms with Crippen molar-refractivity contribution in [2.75, 3.05) is 7.11 Å². The van der Waals surface area contributed by atoms with Gasteiger partial charge in [0.1, 0.15) is 5.75 Å². The van der Waals surface area contributed by atoms with E-state index in [1.54, 1.807) is 31.5 Å². The molecule has 0 spiro atoms. The predicted octanol–water partition coefficient (Wildman–Crippen LogP) is 4.37. The lowest BCUT2D eigenvalue weighted by Crippen LogP contribution is -1.93. The van der Waals surface area contributed by atoms with Gasteiger partial charge in [0.15, 0.2) is 0 Å². The third-order valence-electron chi connectivity index (χ3n) is 2.56. The summed E-state index contributed by atoms with van der Waals surface area (Å²) in [5.74, 6) is 0.783. The molecule has 0 aliphatic rings. The van der Waals surface area contributed by atoms with E-state index in [4.69, 9.17) is 27.9 Å². The van der Waals surface area contributed by atoms with Crippen molar-refractivity contribution >= 4 is 23.2 Å². The SMILES string of the molecule is COc1ccnc(-c2cc(Cl)ccc2Cl)c1C. The Kier molecular flexibility index (Phi) is 3.55. The number of hydrogen-bond donors (Lipinski definition) is 0. The van der Waals surface area contributed by atoms with Crippen LogP contribution in [-0.2, 0) is 0 Å². The number of benzene rings is 1. The molecule has 2 rings (SSSR count). The number of methoxy groups -OCH3 is 1. The van der Waals surface area contributed by atoms with Gasteiger partial charge in [-0.15, -0.1) is 0 Å². The zero-order valence-corrected chi connectivity index (χ0v) is 11.0. The van der Waals surface area contributed by atoms with Crippen LogP contribution in [0.2, 0.25) is 10.0 Å². The molecule has 4 heteroatoms. The first kappa shape index (κ1) is 12.2. The molecule has 0 aliphatic carbocycles. The maximum atomic E-state index is 6.16. The monoisotopic (exact) mass is 267 g/mol. The van der Waals surface area contributed by atoms with Crippen LogP contribution in [0, 0.1) is 6.92 Å². The molecule has 17 heavy (non-hydrogen) atoms. The van der Waals surface area contributed by atoms with Gasteiger partial charge >= 0.3 is 0 Å². The Morgan fingerprint density at radius 2 is 1.94 bits per heavy atom. The van der Waals surface area contributed by atoms with E-state index in [0.717, 1.165) is 22.6 Å². The minimum absolute atomic E-state index is 0.623. The summed E-state index contributed by atoms with van der Waals surface area (Å²) < 4.78 is 5.26. The zero-order valence-electron chi connectivity index (χ0n) is 9.50. The molecule has 2 nitrogen and oxygen atoms in total. The Balaban J connectivity index is 2.64. The van der Waals surface area contributed by atoms with E-state index in [1.165, 1.54) is 0 Å². The van der Waals surface area contributed by atoms with E-state index in [9.17, 15) is 0 Å². The quantitative estimate of drug-likeness (QED) is 0.806. The van der Waals surface area contributed by atoms with Crippen LogP contribution in [0.5, 0.6) is 5.75 Å². The fourth-order valence-corrected chi connectivity index (χ4v) is 2.07. The van der Waals surface area contributed by atoms with Gasteiger partial charge in [-0.3, -0.25) is 4.98 Å². The van der Waals surface area contributed by atoms with Crippen molar-refractivity contribution in [1.82, 2.24) is 4.98 Å². The number of halogens is 2. The number of aromatic nitrogens is 1. The molecule has 0 N–H and O–H groups in total. The van der Waals surface area contributed by atoms with Crippen LogP contribution in [-0.4, -0.2) is 12.1 Å². The second kappa shape index (κ2) is 4.94. The summed E-state index contributed by atoms with van der Waals surface area (Å²) in [6.07, 6.45) is 1.69. The minimum atomic E-state index is 0.623. The number of pyridine rings is 1. The van der Waals surface area contributed by atoms with Gasteiger partial charge in [0.25, 0.3) is 0 Å². The van der Waals surface area contributed by atoms with Gasteiger partial charge < -0.3 is 4.74 Å². The van der Waals surface area contributed by atoms with Crippen LogP contribution in [0.1, 0.15) is 5.56 Å². The van der Waals surface area contributed by atoms with Gasteiger partial charge in [-0.1, -0.05) is 23.2 Å². The molecule has 1 aromatic heterocycles. The number of nitrogens with zero attached hydrogens (tertiary/aromatic N) is 1. The molecular formula is C13H11Cl2NO. The fourth-order valence-electron chi connectivity index (χ4n) is 1.69. The Labute approximate surface area is 110 Å². The second-order valence-corrected chi connectivity index (χ2v) is 4.45. The zero-order chi connectivity index (χ0) is 12.4. The third kappa shape index (κ3) is 2.38. The lowest BCUT2D eigenvalue weighted by atomic mass is 10.1. The Morgan fingerprint density at radius 1 is 1.18 bits per heavy atom. The number of hydrogen-bond acceptors (Lipinski definition) is 2. The van der Waals surface area contributed by atoms with Crippen LogP contribution in [0.25, 0.3) is 11.3 Å². The van der Waals surface area contributed by atoms with E-state index < -0.39 is 0 Å². The van der Waals surface area contributed by atoms with Crippen molar-refractivity contribution < 1.29 is 4.74 Å². The molecule has 0 aliphatic heterocycles. The Morgan fingerprint density at radius 3 is 2.65 bits per heavy atom. The predicted molar refractivity (Wildman–Crippen MR) is 71.0 cm³/mol. The molecule has 2 aromatic rings. The highest BCUT2D eigenvalue weighted by Crippen LogP contribution is 2.33. The lowest BCUT2D eigenvalue weighted by Gasteiger charge is -2.10. The maximum absolute atomic E-state index is 6.16. The van der Waals surface area contributed by atoms with Crippen molar-refractivity contribution in [3.8, 4) is 17.0 Å². The maximum Gasteiger partial charge on any atom is 0.125 e. The Bertz CT molecular complexity index is 555. The van der Waals surface area contributed by atoms with Gasteiger partial charge in [-0.25, -0.2) is 0 Å². The summed E-state index contributed by atoms with van der Waals surface area (Å²) in [5.41, 5.74) is 2.55. The molecule has 0 atom stereocenters. The molecule has 0 fully saturated rings. The topological polar surface area (TPSA) is 22.1 Å². The minimum Gasteiger partial charge on any atom is -0.496 e.